The van der Waals surface area contributed by atoms with Gasteiger partial charge < -0.3 is 10.3 Å². The molecule has 1 aromatic heterocycles. The first-order valence-corrected chi connectivity index (χ1v) is 13.0. The Bertz CT molecular complexity index is 1200. The number of aromatic amines is 1. The number of aromatic nitrogens is 1. The number of H-pyrrole nitrogens is 1. The van der Waals surface area contributed by atoms with Crippen LogP contribution in [-0.2, 0) is 14.8 Å². The molecule has 5 rings (SSSR count). The molecule has 0 radical (unpaired) electrons. The van der Waals surface area contributed by atoms with Gasteiger partial charge in [0.1, 0.15) is 11.4 Å². The summed E-state index contributed by atoms with van der Waals surface area (Å²) in [5, 5.41) is 5.37. The number of benzene rings is 1. The van der Waals surface area contributed by atoms with Gasteiger partial charge in [0.25, 0.3) is 5.91 Å². The van der Waals surface area contributed by atoms with E-state index in [0.717, 1.165) is 40.7 Å². The zero-order chi connectivity index (χ0) is 22.3. The van der Waals surface area contributed by atoms with Gasteiger partial charge in [-0.2, -0.15) is 4.31 Å². The maximum atomic E-state index is 13.0. The van der Waals surface area contributed by atoms with Gasteiger partial charge in [-0.1, -0.05) is 19.3 Å². The highest BCUT2D eigenvalue weighted by atomic mass is 32.2. The summed E-state index contributed by atoms with van der Waals surface area (Å²) in [4.78, 5) is 20.8. The number of amidine groups is 1. The molecule has 3 heterocycles. The van der Waals surface area contributed by atoms with Crippen molar-refractivity contribution in [2.45, 2.75) is 57.4 Å². The Morgan fingerprint density at radius 1 is 1.16 bits per heavy atom. The normalized spacial score (nSPS) is 22.7. The van der Waals surface area contributed by atoms with E-state index in [4.69, 9.17) is 4.99 Å². The van der Waals surface area contributed by atoms with E-state index in [2.05, 4.69) is 10.3 Å². The Morgan fingerprint density at radius 2 is 1.91 bits per heavy atom. The number of hydrogen-bond donors (Lipinski definition) is 2. The number of nitrogens with zero attached hydrogens (tertiary/aromatic N) is 2. The first-order valence-electron chi connectivity index (χ1n) is 11.5. The van der Waals surface area contributed by atoms with Gasteiger partial charge in [0, 0.05) is 36.1 Å². The fourth-order valence-corrected chi connectivity index (χ4v) is 6.39. The lowest BCUT2D eigenvalue weighted by molar-refractivity contribution is -0.124. The zero-order valence-electron chi connectivity index (χ0n) is 18.4. The molecule has 1 saturated heterocycles. The van der Waals surface area contributed by atoms with Crippen molar-refractivity contribution in [1.29, 1.82) is 0 Å². The van der Waals surface area contributed by atoms with Crippen LogP contribution in [-0.4, -0.2) is 48.1 Å². The quantitative estimate of drug-likeness (QED) is 0.737. The molecule has 0 unspecified atom stereocenters. The molecule has 3 aliphatic rings. The molecule has 32 heavy (non-hydrogen) atoms. The Balaban J connectivity index is 1.28. The van der Waals surface area contributed by atoms with Crippen molar-refractivity contribution >= 4 is 38.7 Å². The highest BCUT2D eigenvalue weighted by Crippen LogP contribution is 2.35. The third-order valence-corrected chi connectivity index (χ3v) is 8.82. The summed E-state index contributed by atoms with van der Waals surface area (Å²) in [5.74, 6) is 1.12. The number of carbonyl (C=O) groups excluding carboxylic acids is 1. The molecule has 1 saturated carbocycles. The minimum atomic E-state index is -3.57. The lowest BCUT2D eigenvalue weighted by Gasteiger charge is -2.34. The molecule has 0 bridgehead atoms. The fraction of sp³-hybridized carbons (Fsp3) is 0.500. The standard InChI is InChI=1S/C24H30N4O3S/c1-17-15-21-20(7-11-25-21)16-19(17)8-14-32(30,31)28-12-9-24(10-13-28)23(29)26-22(27-24)18-5-3-2-4-6-18/h7-8,11,14-16,18,25H,2-6,9-10,12-13H2,1H3,(H,26,27,29)/b14-8+. The second-order valence-electron chi connectivity index (χ2n) is 9.34. The van der Waals surface area contributed by atoms with Crippen molar-refractivity contribution in [3.05, 3.63) is 40.9 Å². The number of rotatable bonds is 4. The van der Waals surface area contributed by atoms with Crippen LogP contribution in [0.4, 0.5) is 0 Å². The van der Waals surface area contributed by atoms with Crippen molar-refractivity contribution in [1.82, 2.24) is 14.6 Å². The van der Waals surface area contributed by atoms with Crippen LogP contribution in [0.2, 0.25) is 0 Å². The summed E-state index contributed by atoms with van der Waals surface area (Å²) in [6.45, 7) is 2.58. The first-order chi connectivity index (χ1) is 15.4. The Hall–Kier alpha value is -2.45. The Morgan fingerprint density at radius 3 is 2.66 bits per heavy atom. The highest BCUT2D eigenvalue weighted by Gasteiger charge is 2.48. The molecule has 0 atom stereocenters. The molecule has 2 fully saturated rings. The Labute approximate surface area is 189 Å². The van der Waals surface area contributed by atoms with E-state index < -0.39 is 15.6 Å². The van der Waals surface area contributed by atoms with Crippen molar-refractivity contribution in [3.63, 3.8) is 0 Å². The summed E-state index contributed by atoms with van der Waals surface area (Å²) in [6, 6.07) is 5.98. The molecule has 1 spiro atoms. The SMILES string of the molecule is Cc1cc2[nH]ccc2cc1/C=C/S(=O)(=O)N1CCC2(CC1)N=C(C1CCCCC1)NC2=O. The summed E-state index contributed by atoms with van der Waals surface area (Å²) >= 11 is 0. The van der Waals surface area contributed by atoms with E-state index >= 15 is 0 Å². The molecule has 1 aliphatic carbocycles. The number of carbonyl (C=O) groups is 1. The molecular weight excluding hydrogens is 424 g/mol. The predicted octanol–water partition coefficient (Wildman–Crippen LogP) is 3.72. The number of hydrogen-bond acceptors (Lipinski definition) is 4. The van der Waals surface area contributed by atoms with Gasteiger partial charge in [0.2, 0.25) is 10.0 Å². The maximum absolute atomic E-state index is 13.0. The van der Waals surface area contributed by atoms with Crippen LogP contribution >= 0.6 is 0 Å². The number of amides is 1. The molecular formula is C24H30N4O3S. The molecule has 7 nitrogen and oxygen atoms in total. The molecule has 1 amide bonds. The average Bonchev–Trinajstić information content (AvgIpc) is 3.37. The Kier molecular flexibility index (Phi) is 5.45. The monoisotopic (exact) mass is 454 g/mol. The zero-order valence-corrected chi connectivity index (χ0v) is 19.2. The van der Waals surface area contributed by atoms with Crippen LogP contribution in [0.5, 0.6) is 0 Å². The van der Waals surface area contributed by atoms with E-state index in [0.29, 0.717) is 31.8 Å². The number of aliphatic imine (C=N–C) groups is 1. The van der Waals surface area contributed by atoms with E-state index in [9.17, 15) is 13.2 Å². The molecule has 170 valence electrons. The number of fused-ring (bicyclic) bond motifs is 1. The van der Waals surface area contributed by atoms with Gasteiger partial charge >= 0.3 is 0 Å². The number of aryl methyl sites for hydroxylation is 1. The molecule has 2 N–H and O–H groups in total. The third kappa shape index (κ3) is 3.90. The predicted molar refractivity (Wildman–Crippen MR) is 127 cm³/mol. The van der Waals surface area contributed by atoms with Crippen molar-refractivity contribution in [2.75, 3.05) is 13.1 Å². The van der Waals surface area contributed by atoms with Gasteiger partial charge in [0.05, 0.1) is 0 Å². The summed E-state index contributed by atoms with van der Waals surface area (Å²) < 4.78 is 27.4. The minimum absolute atomic E-state index is 0.0545. The fourth-order valence-electron chi connectivity index (χ4n) is 5.21. The lowest BCUT2D eigenvalue weighted by atomic mass is 9.88. The van der Waals surface area contributed by atoms with Crippen LogP contribution in [0.3, 0.4) is 0 Å². The number of nitrogens with one attached hydrogen (secondary N) is 2. The minimum Gasteiger partial charge on any atom is -0.361 e. The maximum Gasteiger partial charge on any atom is 0.253 e. The van der Waals surface area contributed by atoms with Crippen molar-refractivity contribution < 1.29 is 13.2 Å². The van der Waals surface area contributed by atoms with Gasteiger partial charge in [-0.3, -0.25) is 9.79 Å². The lowest BCUT2D eigenvalue weighted by Crippen LogP contribution is -2.50. The van der Waals surface area contributed by atoms with Crippen LogP contribution in [0.25, 0.3) is 17.0 Å². The van der Waals surface area contributed by atoms with E-state index in [1.807, 2.05) is 31.3 Å². The summed E-state index contributed by atoms with van der Waals surface area (Å²) in [7, 11) is -3.57. The average molecular weight is 455 g/mol. The molecule has 2 aliphatic heterocycles. The number of piperidine rings is 1. The summed E-state index contributed by atoms with van der Waals surface area (Å²) in [6.07, 6.45) is 10.2. The van der Waals surface area contributed by atoms with Crippen molar-refractivity contribution in [2.24, 2.45) is 10.9 Å². The molecule has 2 aromatic rings. The largest absolute Gasteiger partial charge is 0.361 e. The van der Waals surface area contributed by atoms with Crippen molar-refractivity contribution in [3.8, 4) is 0 Å². The first kappa shape index (κ1) is 21.4. The topological polar surface area (TPSA) is 94.6 Å². The molecule has 8 heteroatoms. The van der Waals surface area contributed by atoms with Crippen LogP contribution in [0, 0.1) is 12.8 Å². The van der Waals surface area contributed by atoms with Gasteiger partial charge in [0.15, 0.2) is 0 Å². The highest BCUT2D eigenvalue weighted by molar-refractivity contribution is 7.92. The van der Waals surface area contributed by atoms with Crippen LogP contribution in [0.1, 0.15) is 56.1 Å². The molecule has 1 aromatic carbocycles. The van der Waals surface area contributed by atoms with Crippen LogP contribution in [0.15, 0.2) is 34.8 Å². The second-order valence-corrected chi connectivity index (χ2v) is 11.2. The van der Waals surface area contributed by atoms with Gasteiger partial charge in [-0.25, -0.2) is 8.42 Å². The van der Waals surface area contributed by atoms with E-state index in [1.54, 1.807) is 6.08 Å². The van der Waals surface area contributed by atoms with Gasteiger partial charge in [-0.05, 0) is 73.4 Å². The van der Waals surface area contributed by atoms with E-state index in [1.165, 1.54) is 29.0 Å². The van der Waals surface area contributed by atoms with E-state index in [-0.39, 0.29) is 5.91 Å². The van der Waals surface area contributed by atoms with Crippen LogP contribution < -0.4 is 5.32 Å². The number of sulfonamides is 1. The smallest absolute Gasteiger partial charge is 0.253 e. The summed E-state index contributed by atoms with van der Waals surface area (Å²) in [5.41, 5.74) is 2.13. The van der Waals surface area contributed by atoms with Gasteiger partial charge in [-0.15, -0.1) is 0 Å². The second kappa shape index (κ2) is 8.15. The third-order valence-electron chi connectivity index (χ3n) is 7.26.